The molecule has 6 heteroatoms. The molecule has 0 bridgehead atoms. The summed E-state index contributed by atoms with van der Waals surface area (Å²) < 4.78 is 5.50. The number of hydrogen-bond acceptors (Lipinski definition) is 5. The molecule has 0 spiro atoms. The predicted molar refractivity (Wildman–Crippen MR) is 338 cm³/mol. The van der Waals surface area contributed by atoms with E-state index in [9.17, 15) is 19.8 Å². The van der Waals surface area contributed by atoms with Crippen LogP contribution in [0, 0.1) is 0 Å². The van der Waals surface area contributed by atoms with Crippen molar-refractivity contribution in [3.05, 3.63) is 24.3 Å². The second-order valence-electron chi connectivity index (χ2n) is 24.2. The van der Waals surface area contributed by atoms with E-state index in [0.29, 0.717) is 25.9 Å². The number of aliphatic hydroxyl groups is 2. The number of aliphatic hydroxyl groups excluding tert-OH is 2. The molecule has 0 saturated carbocycles. The van der Waals surface area contributed by atoms with E-state index in [1.165, 1.54) is 308 Å². The summed E-state index contributed by atoms with van der Waals surface area (Å²) >= 11 is 0. The summed E-state index contributed by atoms with van der Waals surface area (Å²) in [6.07, 6.45) is 83.8. The third-order valence-electron chi connectivity index (χ3n) is 16.5. The molecular formula is C71H137NO5. The molecule has 0 aliphatic rings. The highest BCUT2D eigenvalue weighted by atomic mass is 16.5. The van der Waals surface area contributed by atoms with Crippen LogP contribution in [0.4, 0.5) is 0 Å². The smallest absolute Gasteiger partial charge is 0.305 e. The number of hydrogen-bond donors (Lipinski definition) is 3. The molecule has 77 heavy (non-hydrogen) atoms. The van der Waals surface area contributed by atoms with Gasteiger partial charge in [-0.15, -0.1) is 0 Å². The second kappa shape index (κ2) is 66.8. The Labute approximate surface area is 481 Å². The van der Waals surface area contributed by atoms with Gasteiger partial charge in [0.25, 0.3) is 0 Å². The zero-order valence-corrected chi connectivity index (χ0v) is 52.2. The van der Waals surface area contributed by atoms with Crippen LogP contribution < -0.4 is 5.32 Å². The summed E-state index contributed by atoms with van der Waals surface area (Å²) in [6.45, 7) is 4.95. The van der Waals surface area contributed by atoms with E-state index in [0.717, 1.165) is 51.4 Å². The zero-order chi connectivity index (χ0) is 55.7. The molecule has 2 unspecified atom stereocenters. The Balaban J connectivity index is 3.30. The normalized spacial score (nSPS) is 12.6. The number of carbonyl (C=O) groups is 2. The minimum Gasteiger partial charge on any atom is -0.466 e. The van der Waals surface area contributed by atoms with E-state index in [4.69, 9.17) is 4.74 Å². The first-order chi connectivity index (χ1) is 38.0. The van der Waals surface area contributed by atoms with Crippen LogP contribution in [0.15, 0.2) is 24.3 Å². The first kappa shape index (κ1) is 75.3. The van der Waals surface area contributed by atoms with Gasteiger partial charge in [-0.3, -0.25) is 9.59 Å². The van der Waals surface area contributed by atoms with E-state index < -0.39 is 12.1 Å². The van der Waals surface area contributed by atoms with E-state index >= 15 is 0 Å². The van der Waals surface area contributed by atoms with Crippen molar-refractivity contribution in [3.63, 3.8) is 0 Å². The monoisotopic (exact) mass is 1080 g/mol. The molecule has 3 N–H and O–H groups in total. The molecule has 0 aromatic carbocycles. The van der Waals surface area contributed by atoms with Gasteiger partial charge in [-0.2, -0.15) is 0 Å². The molecular weight excluding hydrogens is 947 g/mol. The molecule has 6 nitrogen and oxygen atoms in total. The fraction of sp³-hybridized carbons (Fsp3) is 0.915. The van der Waals surface area contributed by atoms with Crippen LogP contribution in [0.25, 0.3) is 0 Å². The lowest BCUT2D eigenvalue weighted by Gasteiger charge is -2.22. The number of ether oxygens (including phenoxy) is 1. The molecule has 1 amide bonds. The Morgan fingerprint density at radius 2 is 0.649 bits per heavy atom. The summed E-state index contributed by atoms with van der Waals surface area (Å²) in [6, 6.07) is -0.537. The average molecular weight is 1080 g/mol. The van der Waals surface area contributed by atoms with Crippen molar-refractivity contribution >= 4 is 11.9 Å². The first-order valence-electron chi connectivity index (χ1n) is 35.1. The molecule has 0 rings (SSSR count). The fourth-order valence-corrected chi connectivity index (χ4v) is 11.1. The maximum atomic E-state index is 12.5. The maximum Gasteiger partial charge on any atom is 0.305 e. The number of allylic oxidation sites excluding steroid dienone is 4. The van der Waals surface area contributed by atoms with Crippen molar-refractivity contribution in [3.8, 4) is 0 Å². The summed E-state index contributed by atoms with van der Waals surface area (Å²) in [5, 5.41) is 23.3. The van der Waals surface area contributed by atoms with Crippen LogP contribution in [-0.2, 0) is 14.3 Å². The van der Waals surface area contributed by atoms with Gasteiger partial charge >= 0.3 is 5.97 Å². The van der Waals surface area contributed by atoms with Crippen LogP contribution in [0.5, 0.6) is 0 Å². The van der Waals surface area contributed by atoms with E-state index in [2.05, 4.69) is 43.5 Å². The van der Waals surface area contributed by atoms with Gasteiger partial charge in [0.2, 0.25) is 5.91 Å². The lowest BCUT2D eigenvalue weighted by atomic mass is 10.0. The molecule has 0 saturated heterocycles. The molecule has 456 valence electrons. The van der Waals surface area contributed by atoms with Gasteiger partial charge in [0.15, 0.2) is 0 Å². The SMILES string of the molecule is CCCCC/C=C\C/C=C\CCCCCCCCCC(=O)OCCCCCCCCCCCCCCCCCCCCCCCCCCCCCCCCCC(=O)NC(CO)C(O)CCCCCCCCCCCCCC. The van der Waals surface area contributed by atoms with Crippen molar-refractivity contribution in [1.29, 1.82) is 0 Å². The lowest BCUT2D eigenvalue weighted by molar-refractivity contribution is -0.143. The van der Waals surface area contributed by atoms with Gasteiger partial charge < -0.3 is 20.3 Å². The zero-order valence-electron chi connectivity index (χ0n) is 52.2. The largest absolute Gasteiger partial charge is 0.466 e. The Bertz CT molecular complexity index is 1200. The number of unbranched alkanes of at least 4 members (excludes halogenated alkanes) is 51. The van der Waals surface area contributed by atoms with Crippen LogP contribution >= 0.6 is 0 Å². The number of carbonyl (C=O) groups excluding carboxylic acids is 2. The number of amides is 1. The Morgan fingerprint density at radius 3 is 1.01 bits per heavy atom. The Morgan fingerprint density at radius 1 is 0.364 bits per heavy atom. The van der Waals surface area contributed by atoms with Crippen LogP contribution in [-0.4, -0.2) is 47.4 Å². The van der Waals surface area contributed by atoms with E-state index in [-0.39, 0.29) is 18.5 Å². The van der Waals surface area contributed by atoms with Crippen molar-refractivity contribution in [1.82, 2.24) is 5.32 Å². The third kappa shape index (κ3) is 63.4. The fourth-order valence-electron chi connectivity index (χ4n) is 11.1. The van der Waals surface area contributed by atoms with Crippen molar-refractivity contribution in [2.24, 2.45) is 0 Å². The number of nitrogens with one attached hydrogen (secondary N) is 1. The Hall–Kier alpha value is -1.66. The molecule has 0 aromatic rings. The molecule has 0 aliphatic carbocycles. The van der Waals surface area contributed by atoms with Gasteiger partial charge in [-0.1, -0.05) is 346 Å². The molecule has 0 fully saturated rings. The minimum absolute atomic E-state index is 0.0134. The summed E-state index contributed by atoms with van der Waals surface area (Å²) in [4.78, 5) is 24.6. The summed E-state index contributed by atoms with van der Waals surface area (Å²) in [7, 11) is 0. The number of esters is 1. The average Bonchev–Trinajstić information content (AvgIpc) is 3.43. The van der Waals surface area contributed by atoms with E-state index in [1.807, 2.05) is 0 Å². The van der Waals surface area contributed by atoms with Crippen LogP contribution in [0.1, 0.15) is 393 Å². The standard InChI is InChI=1S/C71H137NO5/c1-3-5-7-9-11-13-15-17-18-34-38-41-45-49-53-57-61-65-71(76)77-66-62-58-54-50-46-42-39-36-33-31-29-27-25-23-21-19-20-22-24-26-28-30-32-35-37-40-44-48-52-56-60-64-70(75)72-68(67-73)69(74)63-59-55-51-47-43-16-14-12-10-8-6-4-2/h11,13,17-18,68-69,73-74H,3-10,12,14-16,19-67H2,1-2H3,(H,72,75)/b13-11-,18-17-. The highest BCUT2D eigenvalue weighted by Crippen LogP contribution is 2.19. The molecule has 2 atom stereocenters. The second-order valence-corrected chi connectivity index (χ2v) is 24.2. The third-order valence-corrected chi connectivity index (χ3v) is 16.5. The quantitative estimate of drug-likeness (QED) is 0.0320. The first-order valence-corrected chi connectivity index (χ1v) is 35.1. The topological polar surface area (TPSA) is 95.9 Å². The highest BCUT2D eigenvalue weighted by Gasteiger charge is 2.20. The molecule has 0 aromatic heterocycles. The van der Waals surface area contributed by atoms with Gasteiger partial charge in [0.05, 0.1) is 25.4 Å². The molecule has 0 aliphatic heterocycles. The van der Waals surface area contributed by atoms with Crippen LogP contribution in [0.3, 0.4) is 0 Å². The number of rotatable bonds is 66. The van der Waals surface area contributed by atoms with Crippen molar-refractivity contribution < 1.29 is 24.5 Å². The van der Waals surface area contributed by atoms with Crippen LogP contribution in [0.2, 0.25) is 0 Å². The van der Waals surface area contributed by atoms with Gasteiger partial charge in [-0.25, -0.2) is 0 Å². The maximum absolute atomic E-state index is 12.5. The minimum atomic E-state index is -0.660. The van der Waals surface area contributed by atoms with Gasteiger partial charge in [0, 0.05) is 12.8 Å². The Kier molecular flexibility index (Phi) is 65.4. The van der Waals surface area contributed by atoms with Gasteiger partial charge in [-0.05, 0) is 57.8 Å². The highest BCUT2D eigenvalue weighted by molar-refractivity contribution is 5.76. The lowest BCUT2D eigenvalue weighted by Crippen LogP contribution is -2.45. The summed E-state index contributed by atoms with van der Waals surface area (Å²) in [5.41, 5.74) is 0. The predicted octanol–water partition coefficient (Wildman–Crippen LogP) is 22.5. The molecule has 0 heterocycles. The summed E-state index contributed by atoms with van der Waals surface area (Å²) in [5.74, 6) is -0.0158. The molecule has 0 radical (unpaired) electrons. The van der Waals surface area contributed by atoms with Gasteiger partial charge in [0.1, 0.15) is 0 Å². The van der Waals surface area contributed by atoms with Crippen molar-refractivity contribution in [2.75, 3.05) is 13.2 Å². The van der Waals surface area contributed by atoms with E-state index in [1.54, 1.807) is 0 Å². The van der Waals surface area contributed by atoms with Crippen molar-refractivity contribution in [2.45, 2.75) is 405 Å².